The Kier molecular flexibility index (Phi) is 6.96. The van der Waals surface area contributed by atoms with Crippen molar-refractivity contribution in [1.82, 2.24) is 19.7 Å². The molecule has 0 saturated carbocycles. The van der Waals surface area contributed by atoms with Gasteiger partial charge in [-0.05, 0) is 44.0 Å². The van der Waals surface area contributed by atoms with E-state index in [9.17, 15) is 4.79 Å². The fourth-order valence-electron chi connectivity index (χ4n) is 2.80. The van der Waals surface area contributed by atoms with Crippen molar-refractivity contribution >= 4 is 17.5 Å². The first kappa shape index (κ1) is 19.4. The molecule has 6 nitrogen and oxygen atoms in total. The topological polar surface area (TPSA) is 60.2 Å². The molecule has 0 aliphatic heterocycles. The first-order chi connectivity index (χ1) is 12.0. The molecule has 0 aliphatic rings. The second-order valence-electron chi connectivity index (χ2n) is 5.83. The van der Waals surface area contributed by atoms with Gasteiger partial charge < -0.3 is 9.64 Å². The van der Waals surface area contributed by atoms with Crippen molar-refractivity contribution in [2.24, 2.45) is 0 Å². The zero-order valence-electron chi connectivity index (χ0n) is 15.2. The minimum absolute atomic E-state index is 0.144. The van der Waals surface area contributed by atoms with Crippen molar-refractivity contribution in [3.8, 4) is 5.69 Å². The molecule has 0 N–H and O–H groups in total. The van der Waals surface area contributed by atoms with E-state index in [1.807, 2.05) is 24.0 Å². The van der Waals surface area contributed by atoms with Crippen LogP contribution in [0.1, 0.15) is 43.1 Å². The number of hydrogen-bond donors (Lipinski definition) is 0. The minimum Gasteiger partial charge on any atom is -0.383 e. The lowest BCUT2D eigenvalue weighted by molar-refractivity contribution is 0.0577. The molecule has 136 valence electrons. The van der Waals surface area contributed by atoms with E-state index in [0.29, 0.717) is 24.0 Å². The van der Waals surface area contributed by atoms with E-state index < -0.39 is 0 Å². The Labute approximate surface area is 153 Å². The van der Waals surface area contributed by atoms with Crippen molar-refractivity contribution in [3.63, 3.8) is 0 Å². The molecule has 0 radical (unpaired) electrons. The summed E-state index contributed by atoms with van der Waals surface area (Å²) in [6, 6.07) is 7.41. The average molecular weight is 365 g/mol. The van der Waals surface area contributed by atoms with Gasteiger partial charge in [-0.3, -0.25) is 4.79 Å². The van der Waals surface area contributed by atoms with Gasteiger partial charge in [0.25, 0.3) is 5.91 Å². The van der Waals surface area contributed by atoms with Crippen LogP contribution in [0.15, 0.2) is 24.3 Å². The summed E-state index contributed by atoms with van der Waals surface area (Å²) in [5.41, 5.74) is 0.819. The molecule has 0 spiro atoms. The van der Waals surface area contributed by atoms with E-state index in [2.05, 4.69) is 23.9 Å². The summed E-state index contributed by atoms with van der Waals surface area (Å²) in [5.74, 6) is 0.693. The SMILES string of the molecule is CCC(CC)N(CCOC)C(=O)c1nc(C)n(-c2ccc(Cl)cc2)n1. The molecule has 0 fully saturated rings. The molecule has 2 aromatic rings. The summed E-state index contributed by atoms with van der Waals surface area (Å²) in [7, 11) is 1.63. The number of ether oxygens (including phenoxy) is 1. The van der Waals surface area contributed by atoms with Gasteiger partial charge in [-0.1, -0.05) is 25.4 Å². The maximum absolute atomic E-state index is 13.0. The summed E-state index contributed by atoms with van der Waals surface area (Å²) in [5, 5.41) is 5.07. The summed E-state index contributed by atoms with van der Waals surface area (Å²) < 4.78 is 6.81. The molecule has 2 rings (SSSR count). The molecule has 1 heterocycles. The van der Waals surface area contributed by atoms with E-state index in [1.165, 1.54) is 0 Å². The van der Waals surface area contributed by atoms with E-state index >= 15 is 0 Å². The lowest BCUT2D eigenvalue weighted by Crippen LogP contribution is -2.42. The van der Waals surface area contributed by atoms with Crippen LogP contribution in [0.4, 0.5) is 0 Å². The molecule has 1 aromatic carbocycles. The highest BCUT2D eigenvalue weighted by Gasteiger charge is 2.26. The highest BCUT2D eigenvalue weighted by Crippen LogP contribution is 2.16. The van der Waals surface area contributed by atoms with Crippen LogP contribution in [-0.2, 0) is 4.74 Å². The first-order valence-electron chi connectivity index (χ1n) is 8.51. The summed E-state index contributed by atoms with van der Waals surface area (Å²) in [6.45, 7) is 6.99. The average Bonchev–Trinajstić information content (AvgIpc) is 3.00. The van der Waals surface area contributed by atoms with Gasteiger partial charge in [0, 0.05) is 24.7 Å². The van der Waals surface area contributed by atoms with E-state index in [-0.39, 0.29) is 17.8 Å². The second-order valence-corrected chi connectivity index (χ2v) is 6.27. The number of halogens is 1. The third kappa shape index (κ3) is 4.58. The quantitative estimate of drug-likeness (QED) is 0.719. The highest BCUT2D eigenvalue weighted by atomic mass is 35.5. The van der Waals surface area contributed by atoms with Gasteiger partial charge >= 0.3 is 0 Å². The highest BCUT2D eigenvalue weighted by molar-refractivity contribution is 6.30. The van der Waals surface area contributed by atoms with Crippen molar-refractivity contribution < 1.29 is 9.53 Å². The predicted octanol–water partition coefficient (Wildman–Crippen LogP) is 3.51. The summed E-state index contributed by atoms with van der Waals surface area (Å²) >= 11 is 5.93. The lowest BCUT2D eigenvalue weighted by Gasteiger charge is -2.29. The van der Waals surface area contributed by atoms with Crippen molar-refractivity contribution in [2.75, 3.05) is 20.3 Å². The number of carbonyl (C=O) groups is 1. The fraction of sp³-hybridized carbons (Fsp3) is 0.500. The molecule has 0 atom stereocenters. The molecular formula is C18H25ClN4O2. The Morgan fingerprint density at radius 2 is 1.92 bits per heavy atom. The number of carbonyl (C=O) groups excluding carboxylic acids is 1. The standard InChI is InChI=1S/C18H25ClN4O2/c1-5-15(6-2)22(11-12-25-4)18(24)17-20-13(3)23(21-17)16-9-7-14(19)8-10-16/h7-10,15H,5-6,11-12H2,1-4H3. The fourth-order valence-corrected chi connectivity index (χ4v) is 2.93. The van der Waals surface area contributed by atoms with Crippen LogP contribution < -0.4 is 0 Å². The van der Waals surface area contributed by atoms with Crippen molar-refractivity contribution in [1.29, 1.82) is 0 Å². The molecule has 0 unspecified atom stereocenters. The Morgan fingerprint density at radius 1 is 1.28 bits per heavy atom. The largest absolute Gasteiger partial charge is 0.383 e. The molecule has 0 bridgehead atoms. The number of methoxy groups -OCH3 is 1. The van der Waals surface area contributed by atoms with Crippen LogP contribution in [0.25, 0.3) is 5.69 Å². The Bertz CT molecular complexity index is 696. The molecule has 0 saturated heterocycles. The Hall–Kier alpha value is -1.92. The molecule has 1 amide bonds. The predicted molar refractivity (Wildman–Crippen MR) is 98.4 cm³/mol. The van der Waals surface area contributed by atoms with Gasteiger partial charge in [-0.15, -0.1) is 5.10 Å². The maximum atomic E-state index is 13.0. The van der Waals surface area contributed by atoms with Crippen LogP contribution in [0.3, 0.4) is 0 Å². The first-order valence-corrected chi connectivity index (χ1v) is 8.89. The summed E-state index contributed by atoms with van der Waals surface area (Å²) in [4.78, 5) is 19.2. The smallest absolute Gasteiger partial charge is 0.293 e. The van der Waals surface area contributed by atoms with Crippen LogP contribution >= 0.6 is 11.6 Å². The normalized spacial score (nSPS) is 11.1. The van der Waals surface area contributed by atoms with E-state index in [0.717, 1.165) is 18.5 Å². The molecular weight excluding hydrogens is 340 g/mol. The molecule has 7 heteroatoms. The van der Waals surface area contributed by atoms with Gasteiger partial charge in [0.15, 0.2) is 0 Å². The van der Waals surface area contributed by atoms with Gasteiger partial charge in [0.05, 0.1) is 12.3 Å². The third-order valence-corrected chi connectivity index (χ3v) is 4.46. The lowest BCUT2D eigenvalue weighted by atomic mass is 10.1. The third-order valence-electron chi connectivity index (χ3n) is 4.21. The second kappa shape index (κ2) is 8.97. The van der Waals surface area contributed by atoms with Crippen LogP contribution in [0.2, 0.25) is 5.02 Å². The Balaban J connectivity index is 2.30. The van der Waals surface area contributed by atoms with E-state index in [1.54, 1.807) is 23.9 Å². The maximum Gasteiger partial charge on any atom is 0.293 e. The van der Waals surface area contributed by atoms with E-state index in [4.69, 9.17) is 16.3 Å². The molecule has 0 aliphatic carbocycles. The summed E-state index contributed by atoms with van der Waals surface area (Å²) in [6.07, 6.45) is 1.76. The number of aryl methyl sites for hydroxylation is 1. The van der Waals surface area contributed by atoms with Gasteiger partial charge in [-0.2, -0.15) is 0 Å². The monoisotopic (exact) mass is 364 g/mol. The number of rotatable bonds is 8. The number of hydrogen-bond acceptors (Lipinski definition) is 4. The zero-order valence-corrected chi connectivity index (χ0v) is 16.0. The van der Waals surface area contributed by atoms with Crippen LogP contribution in [0.5, 0.6) is 0 Å². The molecule has 1 aromatic heterocycles. The number of benzene rings is 1. The number of aromatic nitrogens is 3. The zero-order chi connectivity index (χ0) is 18.4. The van der Waals surface area contributed by atoms with Gasteiger partial charge in [-0.25, -0.2) is 9.67 Å². The Morgan fingerprint density at radius 3 is 2.48 bits per heavy atom. The van der Waals surface area contributed by atoms with Gasteiger partial charge in [0.1, 0.15) is 5.82 Å². The van der Waals surface area contributed by atoms with Gasteiger partial charge in [0.2, 0.25) is 5.82 Å². The number of amides is 1. The van der Waals surface area contributed by atoms with Crippen molar-refractivity contribution in [2.45, 2.75) is 39.7 Å². The molecule has 25 heavy (non-hydrogen) atoms. The van der Waals surface area contributed by atoms with Crippen molar-refractivity contribution in [3.05, 3.63) is 40.9 Å². The minimum atomic E-state index is -0.165. The van der Waals surface area contributed by atoms with Crippen LogP contribution in [0, 0.1) is 6.92 Å². The van der Waals surface area contributed by atoms with Crippen LogP contribution in [-0.4, -0.2) is 51.9 Å². The number of nitrogens with zero attached hydrogens (tertiary/aromatic N) is 4.